The molecule has 0 aromatic heterocycles. The summed E-state index contributed by atoms with van der Waals surface area (Å²) in [6, 6.07) is -0.246. The molecule has 6 N–H and O–H groups in total. The van der Waals surface area contributed by atoms with E-state index in [4.69, 9.17) is 23.2 Å². The third-order valence-corrected chi connectivity index (χ3v) is 6.42. The van der Waals surface area contributed by atoms with E-state index in [9.17, 15) is 9.50 Å². The molecule has 1 aliphatic carbocycles. The lowest BCUT2D eigenvalue weighted by Gasteiger charge is -2.22. The van der Waals surface area contributed by atoms with Gasteiger partial charge in [0.1, 0.15) is 17.9 Å². The van der Waals surface area contributed by atoms with Crippen molar-refractivity contribution in [3.05, 3.63) is 23.2 Å². The van der Waals surface area contributed by atoms with Gasteiger partial charge >= 0.3 is 0 Å². The number of hydrogen-bond donors (Lipinski definition) is 4. The van der Waals surface area contributed by atoms with Crippen molar-refractivity contribution in [2.45, 2.75) is 69.1 Å². The van der Waals surface area contributed by atoms with Crippen LogP contribution in [0.1, 0.15) is 45.4 Å². The number of nitrogens with one attached hydrogen (secondary N) is 1. The van der Waals surface area contributed by atoms with Crippen LogP contribution in [0.2, 0.25) is 0 Å². The average molecular weight is 429 g/mol. The highest BCUT2D eigenvalue weighted by atomic mass is 35.5. The first-order valence-corrected chi connectivity index (χ1v) is 11.0. The van der Waals surface area contributed by atoms with Gasteiger partial charge in [0.2, 0.25) is 0 Å². The quantitative estimate of drug-likeness (QED) is 0.154. The Morgan fingerprint density at radius 1 is 1.45 bits per heavy atom. The Morgan fingerprint density at radius 3 is 2.86 bits per heavy atom. The molecule has 3 rings (SSSR count). The second-order valence-corrected chi connectivity index (χ2v) is 8.83. The third kappa shape index (κ3) is 5.92. The molecule has 2 heterocycles. The lowest BCUT2D eigenvalue weighted by molar-refractivity contribution is 0.110. The molecule has 0 saturated carbocycles. The van der Waals surface area contributed by atoms with Crippen LogP contribution in [-0.4, -0.2) is 70.7 Å². The van der Waals surface area contributed by atoms with Crippen LogP contribution >= 0.6 is 11.6 Å². The van der Waals surface area contributed by atoms with Crippen molar-refractivity contribution in [2.24, 2.45) is 16.6 Å². The van der Waals surface area contributed by atoms with Gasteiger partial charge in [-0.2, -0.15) is 0 Å². The van der Waals surface area contributed by atoms with E-state index < -0.39 is 11.6 Å². The topological polar surface area (TPSA) is 103 Å². The predicted molar refractivity (Wildman–Crippen MR) is 115 cm³/mol. The molecule has 1 saturated heterocycles. The summed E-state index contributed by atoms with van der Waals surface area (Å²) in [5, 5.41) is 14.6. The monoisotopic (exact) mass is 428 g/mol. The second-order valence-electron chi connectivity index (χ2n) is 8.31. The van der Waals surface area contributed by atoms with Crippen LogP contribution in [0.4, 0.5) is 4.39 Å². The van der Waals surface area contributed by atoms with Crippen LogP contribution in [0, 0.1) is 0 Å². The Labute approximate surface area is 177 Å². The zero-order valence-corrected chi connectivity index (χ0v) is 17.9. The first kappa shape index (κ1) is 22.5. The third-order valence-electron chi connectivity index (χ3n) is 6.03. The van der Waals surface area contributed by atoms with E-state index in [1.54, 1.807) is 5.01 Å². The van der Waals surface area contributed by atoms with E-state index in [1.165, 1.54) is 32.0 Å². The highest BCUT2D eigenvalue weighted by molar-refractivity contribution is 6.22. The number of alkyl halides is 1. The molecule has 0 radical (unpaired) electrons. The summed E-state index contributed by atoms with van der Waals surface area (Å²) in [5.74, 6) is 6.20. The van der Waals surface area contributed by atoms with Crippen LogP contribution in [0.3, 0.4) is 0 Å². The number of aliphatic hydroxyl groups is 1. The number of aliphatic imine (C=N–C) groups is 1. The molecular formula is C20H34ClFN6O. The van der Waals surface area contributed by atoms with Gasteiger partial charge < -0.3 is 20.7 Å². The Kier molecular flexibility index (Phi) is 7.92. The van der Waals surface area contributed by atoms with Gasteiger partial charge in [-0.1, -0.05) is 0 Å². The predicted octanol–water partition coefficient (Wildman–Crippen LogP) is 1.58. The number of hydrogen-bond acceptors (Lipinski definition) is 6. The first-order chi connectivity index (χ1) is 13.8. The van der Waals surface area contributed by atoms with E-state index >= 15 is 0 Å². The molecular weight excluding hydrogens is 395 g/mol. The Balaban J connectivity index is 1.54. The van der Waals surface area contributed by atoms with Gasteiger partial charge in [0.25, 0.3) is 0 Å². The van der Waals surface area contributed by atoms with Gasteiger partial charge in [0.15, 0.2) is 0 Å². The number of aliphatic hydroxyl groups excluding tert-OH is 1. The van der Waals surface area contributed by atoms with Gasteiger partial charge in [-0.05, 0) is 76.7 Å². The molecule has 0 bridgehead atoms. The normalized spacial score (nSPS) is 30.2. The molecule has 29 heavy (non-hydrogen) atoms. The Hall–Kier alpha value is -1.19. The van der Waals surface area contributed by atoms with Gasteiger partial charge in [-0.3, -0.25) is 10.3 Å². The van der Waals surface area contributed by atoms with Crippen molar-refractivity contribution in [3.63, 3.8) is 0 Å². The zero-order chi connectivity index (χ0) is 21.0. The van der Waals surface area contributed by atoms with Crippen LogP contribution in [0.25, 0.3) is 0 Å². The maximum atomic E-state index is 13.4. The molecule has 0 aromatic rings. The molecule has 2 aliphatic heterocycles. The van der Waals surface area contributed by atoms with E-state index in [0.29, 0.717) is 37.3 Å². The van der Waals surface area contributed by atoms with Crippen molar-refractivity contribution in [1.29, 1.82) is 0 Å². The summed E-state index contributed by atoms with van der Waals surface area (Å²) in [5.41, 5.74) is 7.86. The maximum absolute atomic E-state index is 13.4. The number of nitrogens with two attached hydrogens (primary N) is 2. The minimum Gasteiger partial charge on any atom is -0.382 e. The summed E-state index contributed by atoms with van der Waals surface area (Å²) in [6.45, 7) is 5.84. The maximum Gasteiger partial charge on any atom is 0.143 e. The summed E-state index contributed by atoms with van der Waals surface area (Å²) < 4.78 is 13.4. The average Bonchev–Trinajstić information content (AvgIpc) is 3.26. The van der Waals surface area contributed by atoms with Crippen LogP contribution < -0.4 is 16.9 Å². The summed E-state index contributed by atoms with van der Waals surface area (Å²) >= 11 is 5.98. The van der Waals surface area contributed by atoms with Crippen molar-refractivity contribution < 1.29 is 9.50 Å². The molecule has 0 amide bonds. The minimum atomic E-state index is -0.650. The summed E-state index contributed by atoms with van der Waals surface area (Å²) in [6.07, 6.45) is 5.99. The van der Waals surface area contributed by atoms with Gasteiger partial charge in [-0.25, -0.2) is 10.2 Å². The molecule has 9 heteroatoms. The number of rotatable bonds is 8. The number of nitrogens with zero attached hydrogens (tertiary/aromatic N) is 3. The number of halogens is 2. The second kappa shape index (κ2) is 10.2. The van der Waals surface area contributed by atoms with E-state index in [2.05, 4.69) is 15.2 Å². The summed E-state index contributed by atoms with van der Waals surface area (Å²) in [7, 11) is 0. The lowest BCUT2D eigenvalue weighted by Crippen LogP contribution is -2.43. The Bertz CT molecular complexity index is 663. The molecule has 4 atom stereocenters. The zero-order valence-electron chi connectivity index (χ0n) is 17.2. The number of allylic oxidation sites excluding steroid dienone is 1. The van der Waals surface area contributed by atoms with Crippen molar-refractivity contribution >= 4 is 17.4 Å². The SMILES string of the molecule is CC1=C(C(N)=N[C@@H]2CC=C(F)[C@H](Cl)C2)N(N)C[C@H]1N[C@H](O)CCCN1CCCC1. The lowest BCUT2D eigenvalue weighted by atomic mass is 10.0. The highest BCUT2D eigenvalue weighted by Crippen LogP contribution is 2.28. The van der Waals surface area contributed by atoms with Crippen LogP contribution in [0.5, 0.6) is 0 Å². The van der Waals surface area contributed by atoms with E-state index in [1.807, 2.05) is 6.92 Å². The molecule has 1 fully saturated rings. The fourth-order valence-corrected chi connectivity index (χ4v) is 4.66. The number of hydrazine groups is 1. The fourth-order valence-electron chi connectivity index (χ4n) is 4.36. The number of amidine groups is 1. The van der Waals surface area contributed by atoms with Crippen molar-refractivity contribution in [2.75, 3.05) is 26.2 Å². The van der Waals surface area contributed by atoms with E-state index in [0.717, 1.165) is 18.5 Å². The largest absolute Gasteiger partial charge is 0.382 e. The van der Waals surface area contributed by atoms with Crippen molar-refractivity contribution in [3.8, 4) is 0 Å². The highest BCUT2D eigenvalue weighted by Gasteiger charge is 2.31. The molecule has 0 unspecified atom stereocenters. The smallest absolute Gasteiger partial charge is 0.143 e. The van der Waals surface area contributed by atoms with Crippen molar-refractivity contribution in [1.82, 2.24) is 15.2 Å². The van der Waals surface area contributed by atoms with Gasteiger partial charge in [0, 0.05) is 0 Å². The van der Waals surface area contributed by atoms with Gasteiger partial charge in [0.05, 0.1) is 29.7 Å². The minimum absolute atomic E-state index is 0.0880. The summed E-state index contributed by atoms with van der Waals surface area (Å²) in [4.78, 5) is 6.98. The van der Waals surface area contributed by atoms with Crippen LogP contribution in [0.15, 0.2) is 28.2 Å². The molecule has 164 valence electrons. The van der Waals surface area contributed by atoms with Gasteiger partial charge in [-0.15, -0.1) is 11.6 Å². The molecule has 0 spiro atoms. The number of likely N-dealkylation sites (tertiary alicyclic amines) is 1. The molecule has 0 aromatic carbocycles. The standard InChI is InChI=1S/C20H34ClFN6O/c1-13-17(26-18(29)5-4-10-27-8-2-3-9-27)12-28(24)19(13)20(23)25-14-6-7-16(22)15(21)11-14/h7,14-15,17-18,26,29H,2-6,8-12,24H2,1H3,(H2,23,25)/t14-,15-,17-,18-/m1/s1. The molecule has 3 aliphatic rings. The Morgan fingerprint density at radius 2 is 2.17 bits per heavy atom. The first-order valence-electron chi connectivity index (χ1n) is 10.6. The molecule has 7 nitrogen and oxygen atoms in total. The van der Waals surface area contributed by atoms with E-state index in [-0.39, 0.29) is 17.9 Å². The fraction of sp³-hybridized carbons (Fsp3) is 0.750. The van der Waals surface area contributed by atoms with Crippen LogP contribution in [-0.2, 0) is 0 Å².